The Kier molecular flexibility index (Phi) is 4.48. The molecule has 0 bridgehead atoms. The third-order valence-corrected chi connectivity index (χ3v) is 5.46. The predicted molar refractivity (Wildman–Crippen MR) is 87.3 cm³/mol. The first-order chi connectivity index (χ1) is 11.3. The SMILES string of the molecule is Cc1nc(CO[C@H]2CN(Cc3ccco3)[C@@H]3CCCO[C@H]23)cs1. The molecule has 0 aliphatic carbocycles. The lowest BCUT2D eigenvalue weighted by Crippen LogP contribution is -2.41. The Hall–Kier alpha value is -1.21. The second-order valence-corrected chi connectivity index (χ2v) is 7.32. The van der Waals surface area contributed by atoms with Gasteiger partial charge in [-0.05, 0) is 31.9 Å². The van der Waals surface area contributed by atoms with Crippen LogP contribution in [0.2, 0.25) is 0 Å². The number of fused-ring (bicyclic) bond motifs is 1. The third kappa shape index (κ3) is 3.35. The largest absolute Gasteiger partial charge is 0.468 e. The first kappa shape index (κ1) is 15.3. The number of aryl methyl sites for hydroxylation is 1. The van der Waals surface area contributed by atoms with Gasteiger partial charge in [-0.3, -0.25) is 4.90 Å². The summed E-state index contributed by atoms with van der Waals surface area (Å²) in [5.41, 5.74) is 1.02. The Balaban J connectivity index is 1.42. The number of nitrogens with zero attached hydrogens (tertiary/aromatic N) is 2. The van der Waals surface area contributed by atoms with Gasteiger partial charge in [0.15, 0.2) is 0 Å². The normalized spacial score (nSPS) is 28.1. The van der Waals surface area contributed by atoms with E-state index in [1.165, 1.54) is 6.42 Å². The highest BCUT2D eigenvalue weighted by atomic mass is 32.1. The standard InChI is InChI=1S/C17H22N2O3S/c1-12-18-13(11-23-12)10-22-16-9-19(8-14-4-2-6-20-14)15-5-3-7-21-17(15)16/h2,4,6,11,15-17H,3,5,7-10H2,1H3/t15-,16+,17+/m1/s1. The lowest BCUT2D eigenvalue weighted by molar-refractivity contribution is -0.0824. The van der Waals surface area contributed by atoms with Crippen molar-refractivity contribution in [1.29, 1.82) is 0 Å². The van der Waals surface area contributed by atoms with E-state index in [4.69, 9.17) is 13.9 Å². The molecule has 6 heteroatoms. The minimum Gasteiger partial charge on any atom is -0.468 e. The Bertz CT molecular complexity index is 628. The van der Waals surface area contributed by atoms with E-state index in [9.17, 15) is 0 Å². The van der Waals surface area contributed by atoms with Crippen molar-refractivity contribution in [3.8, 4) is 0 Å². The van der Waals surface area contributed by atoms with Crippen molar-refractivity contribution in [3.05, 3.63) is 40.2 Å². The maximum Gasteiger partial charge on any atom is 0.117 e. The fourth-order valence-electron chi connectivity index (χ4n) is 3.60. The van der Waals surface area contributed by atoms with Crippen molar-refractivity contribution in [2.75, 3.05) is 13.2 Å². The van der Waals surface area contributed by atoms with E-state index in [1.54, 1.807) is 17.6 Å². The highest BCUT2D eigenvalue weighted by molar-refractivity contribution is 7.09. The highest BCUT2D eigenvalue weighted by Gasteiger charge is 2.44. The van der Waals surface area contributed by atoms with Crippen molar-refractivity contribution in [3.63, 3.8) is 0 Å². The predicted octanol–water partition coefficient (Wildman–Crippen LogP) is 2.99. The number of ether oxygens (including phenoxy) is 2. The molecule has 2 aliphatic heterocycles. The summed E-state index contributed by atoms with van der Waals surface area (Å²) in [5, 5.41) is 3.16. The van der Waals surface area contributed by atoms with Crippen LogP contribution in [-0.4, -0.2) is 41.3 Å². The van der Waals surface area contributed by atoms with Gasteiger partial charge in [0.2, 0.25) is 0 Å². The van der Waals surface area contributed by atoms with Gasteiger partial charge in [-0.25, -0.2) is 4.98 Å². The molecule has 2 aromatic rings. The molecular weight excluding hydrogens is 312 g/mol. The molecule has 0 unspecified atom stereocenters. The first-order valence-corrected chi connectivity index (χ1v) is 9.08. The van der Waals surface area contributed by atoms with E-state index in [0.29, 0.717) is 12.6 Å². The van der Waals surface area contributed by atoms with Crippen LogP contribution in [0.3, 0.4) is 0 Å². The first-order valence-electron chi connectivity index (χ1n) is 8.20. The zero-order valence-corrected chi connectivity index (χ0v) is 14.1. The van der Waals surface area contributed by atoms with E-state index in [0.717, 1.165) is 42.6 Å². The van der Waals surface area contributed by atoms with Crippen molar-refractivity contribution in [2.45, 2.75) is 51.2 Å². The molecule has 0 spiro atoms. The maximum absolute atomic E-state index is 6.17. The Morgan fingerprint density at radius 3 is 3.22 bits per heavy atom. The summed E-state index contributed by atoms with van der Waals surface area (Å²) >= 11 is 1.67. The van der Waals surface area contributed by atoms with E-state index in [-0.39, 0.29) is 12.2 Å². The second-order valence-electron chi connectivity index (χ2n) is 6.26. The molecule has 124 valence electrons. The van der Waals surface area contributed by atoms with E-state index >= 15 is 0 Å². The molecule has 4 rings (SSSR count). The molecule has 0 N–H and O–H groups in total. The molecule has 23 heavy (non-hydrogen) atoms. The fourth-order valence-corrected chi connectivity index (χ4v) is 4.20. The Morgan fingerprint density at radius 1 is 1.48 bits per heavy atom. The van der Waals surface area contributed by atoms with Crippen molar-refractivity contribution < 1.29 is 13.9 Å². The molecular formula is C17H22N2O3S. The number of hydrogen-bond acceptors (Lipinski definition) is 6. The molecule has 0 saturated carbocycles. The molecule has 0 amide bonds. The molecule has 0 radical (unpaired) electrons. The van der Waals surface area contributed by atoms with Crippen LogP contribution >= 0.6 is 11.3 Å². The zero-order valence-electron chi connectivity index (χ0n) is 13.3. The maximum atomic E-state index is 6.17. The summed E-state index contributed by atoms with van der Waals surface area (Å²) in [5.74, 6) is 1.00. The second kappa shape index (κ2) is 6.73. The molecule has 2 aliphatic rings. The molecule has 5 nitrogen and oxygen atoms in total. The van der Waals surface area contributed by atoms with Gasteiger partial charge in [0.25, 0.3) is 0 Å². The number of likely N-dealkylation sites (tertiary alicyclic amines) is 1. The zero-order chi connectivity index (χ0) is 15.6. The minimum atomic E-state index is 0.109. The van der Waals surface area contributed by atoms with Gasteiger partial charge in [-0.15, -0.1) is 11.3 Å². The number of furan rings is 1. The lowest BCUT2D eigenvalue weighted by Gasteiger charge is -2.31. The molecule has 0 aromatic carbocycles. The lowest BCUT2D eigenvalue weighted by atomic mass is 10.0. The van der Waals surface area contributed by atoms with Crippen LogP contribution in [0, 0.1) is 6.92 Å². The summed E-state index contributed by atoms with van der Waals surface area (Å²) in [7, 11) is 0. The summed E-state index contributed by atoms with van der Waals surface area (Å²) in [6.45, 7) is 5.14. The van der Waals surface area contributed by atoms with Crippen molar-refractivity contribution in [2.24, 2.45) is 0 Å². The van der Waals surface area contributed by atoms with Gasteiger partial charge in [-0.2, -0.15) is 0 Å². The van der Waals surface area contributed by atoms with Gasteiger partial charge in [0, 0.05) is 24.6 Å². The van der Waals surface area contributed by atoms with E-state index in [2.05, 4.69) is 15.3 Å². The fraction of sp³-hybridized carbons (Fsp3) is 0.588. The van der Waals surface area contributed by atoms with Gasteiger partial charge in [0.05, 0.1) is 36.2 Å². The molecule has 2 fully saturated rings. The van der Waals surface area contributed by atoms with Crippen LogP contribution in [0.5, 0.6) is 0 Å². The van der Waals surface area contributed by atoms with Crippen LogP contribution in [0.15, 0.2) is 28.2 Å². The van der Waals surface area contributed by atoms with E-state index in [1.807, 2.05) is 19.1 Å². The van der Waals surface area contributed by atoms with Gasteiger partial charge >= 0.3 is 0 Å². The Labute approximate surface area is 140 Å². The third-order valence-electron chi connectivity index (χ3n) is 4.63. The molecule has 4 heterocycles. The van der Waals surface area contributed by atoms with Crippen LogP contribution in [0.4, 0.5) is 0 Å². The number of aromatic nitrogens is 1. The summed E-state index contributed by atoms with van der Waals surface area (Å²) < 4.78 is 17.7. The van der Waals surface area contributed by atoms with Gasteiger partial charge in [0.1, 0.15) is 11.9 Å². The van der Waals surface area contributed by atoms with Crippen LogP contribution in [0.1, 0.15) is 29.3 Å². The van der Waals surface area contributed by atoms with Crippen molar-refractivity contribution in [1.82, 2.24) is 9.88 Å². The summed E-state index contributed by atoms with van der Waals surface area (Å²) in [4.78, 5) is 6.92. The Morgan fingerprint density at radius 2 is 2.43 bits per heavy atom. The average molecular weight is 334 g/mol. The van der Waals surface area contributed by atoms with Crippen molar-refractivity contribution >= 4 is 11.3 Å². The van der Waals surface area contributed by atoms with Crippen LogP contribution in [-0.2, 0) is 22.6 Å². The quantitative estimate of drug-likeness (QED) is 0.841. The van der Waals surface area contributed by atoms with Gasteiger partial charge in [-0.1, -0.05) is 0 Å². The van der Waals surface area contributed by atoms with Crippen LogP contribution in [0.25, 0.3) is 0 Å². The number of hydrogen-bond donors (Lipinski definition) is 0. The van der Waals surface area contributed by atoms with E-state index < -0.39 is 0 Å². The highest BCUT2D eigenvalue weighted by Crippen LogP contribution is 2.32. The number of rotatable bonds is 5. The monoisotopic (exact) mass is 334 g/mol. The smallest absolute Gasteiger partial charge is 0.117 e. The average Bonchev–Trinajstić information content (AvgIpc) is 3.28. The summed E-state index contributed by atoms with van der Waals surface area (Å²) in [6.07, 6.45) is 4.30. The minimum absolute atomic E-state index is 0.109. The molecule has 2 aromatic heterocycles. The van der Waals surface area contributed by atoms with Crippen LogP contribution < -0.4 is 0 Å². The molecule has 2 saturated heterocycles. The topological polar surface area (TPSA) is 47.7 Å². The van der Waals surface area contributed by atoms with Gasteiger partial charge < -0.3 is 13.9 Å². The number of thiazole rings is 1. The molecule has 3 atom stereocenters. The summed E-state index contributed by atoms with van der Waals surface area (Å²) in [6, 6.07) is 4.40.